The standard InChI is InChI=1S/C20H12Br2O2S.C2H6/c21-13-3-5-15-11(9-13)1-7-17(23)19(15)25-20-16-6-4-14(22)10-12(16)2-8-18(20)24;1-2/h1-10,23-24H;1-2H3. The van der Waals surface area contributed by atoms with Crippen molar-refractivity contribution in [3.05, 3.63) is 69.6 Å². The van der Waals surface area contributed by atoms with Gasteiger partial charge in [-0.2, -0.15) is 0 Å². The molecule has 0 unspecified atom stereocenters. The largest absolute Gasteiger partial charge is 0.507 e. The van der Waals surface area contributed by atoms with Gasteiger partial charge in [0.15, 0.2) is 0 Å². The Morgan fingerprint density at radius 3 is 1.44 bits per heavy atom. The summed E-state index contributed by atoms with van der Waals surface area (Å²) in [5.41, 5.74) is 0. The average Bonchev–Trinajstić information content (AvgIpc) is 2.67. The van der Waals surface area contributed by atoms with E-state index in [0.717, 1.165) is 40.3 Å². The molecule has 0 bridgehead atoms. The molecule has 138 valence electrons. The maximum absolute atomic E-state index is 10.4. The zero-order valence-electron chi connectivity index (χ0n) is 14.8. The van der Waals surface area contributed by atoms with Crippen LogP contribution < -0.4 is 0 Å². The molecule has 0 amide bonds. The van der Waals surface area contributed by atoms with Gasteiger partial charge in [-0.15, -0.1) is 0 Å². The van der Waals surface area contributed by atoms with E-state index in [0.29, 0.717) is 0 Å². The van der Waals surface area contributed by atoms with Gasteiger partial charge in [0, 0.05) is 8.95 Å². The van der Waals surface area contributed by atoms with Gasteiger partial charge in [0.25, 0.3) is 0 Å². The third kappa shape index (κ3) is 4.10. The Morgan fingerprint density at radius 1 is 0.630 bits per heavy atom. The molecule has 0 fully saturated rings. The molecule has 0 heterocycles. The first-order valence-corrected chi connectivity index (χ1v) is 10.9. The van der Waals surface area contributed by atoms with Crippen LogP contribution in [0.3, 0.4) is 0 Å². The molecule has 0 atom stereocenters. The van der Waals surface area contributed by atoms with Crippen molar-refractivity contribution in [3.8, 4) is 11.5 Å². The number of rotatable bonds is 2. The minimum Gasteiger partial charge on any atom is -0.507 e. The SMILES string of the molecule is CC.Oc1ccc2cc(Br)ccc2c1Sc1c(O)ccc2cc(Br)ccc12. The fourth-order valence-corrected chi connectivity index (χ4v) is 4.74. The van der Waals surface area contributed by atoms with Crippen molar-refractivity contribution in [1.29, 1.82) is 0 Å². The molecule has 4 rings (SSSR count). The van der Waals surface area contributed by atoms with Crippen LogP contribution in [0, 0.1) is 0 Å². The van der Waals surface area contributed by atoms with Crippen LogP contribution in [0.5, 0.6) is 11.5 Å². The highest BCUT2D eigenvalue weighted by Gasteiger charge is 2.14. The summed E-state index contributed by atoms with van der Waals surface area (Å²) in [6.07, 6.45) is 0. The van der Waals surface area contributed by atoms with Gasteiger partial charge in [-0.25, -0.2) is 0 Å². The Hall–Kier alpha value is -1.69. The molecule has 0 saturated carbocycles. The van der Waals surface area contributed by atoms with Crippen LogP contribution in [0.15, 0.2) is 79.4 Å². The quantitative estimate of drug-likeness (QED) is 0.289. The van der Waals surface area contributed by atoms with Gasteiger partial charge in [0.05, 0.1) is 9.79 Å². The molecule has 0 aliphatic rings. The number of aromatic hydroxyl groups is 2. The predicted octanol–water partition coefficient (Wildman–Crippen LogP) is 8.11. The van der Waals surface area contributed by atoms with E-state index in [1.165, 1.54) is 11.8 Å². The smallest absolute Gasteiger partial charge is 0.130 e. The zero-order valence-corrected chi connectivity index (χ0v) is 18.8. The molecule has 2 nitrogen and oxygen atoms in total. The lowest BCUT2D eigenvalue weighted by molar-refractivity contribution is 0.462. The highest BCUT2D eigenvalue weighted by atomic mass is 79.9. The second-order valence-corrected chi connectivity index (χ2v) is 8.51. The highest BCUT2D eigenvalue weighted by molar-refractivity contribution is 9.10. The van der Waals surface area contributed by atoms with Crippen LogP contribution in [0.1, 0.15) is 13.8 Å². The molecule has 0 saturated heterocycles. The lowest BCUT2D eigenvalue weighted by Gasteiger charge is -2.13. The van der Waals surface area contributed by atoms with E-state index in [2.05, 4.69) is 31.9 Å². The van der Waals surface area contributed by atoms with Gasteiger partial charge < -0.3 is 10.2 Å². The second-order valence-electron chi connectivity index (χ2n) is 5.66. The van der Waals surface area contributed by atoms with Gasteiger partial charge in [0.2, 0.25) is 0 Å². The highest BCUT2D eigenvalue weighted by Crippen LogP contribution is 2.46. The molecule has 0 spiro atoms. The fourth-order valence-electron chi connectivity index (χ4n) is 2.84. The molecule has 4 aromatic carbocycles. The van der Waals surface area contributed by atoms with Crippen molar-refractivity contribution in [3.63, 3.8) is 0 Å². The molecule has 4 aromatic rings. The number of hydrogen-bond donors (Lipinski definition) is 2. The van der Waals surface area contributed by atoms with Crippen LogP contribution in [0.25, 0.3) is 21.5 Å². The van der Waals surface area contributed by atoms with Crippen molar-refractivity contribution in [2.45, 2.75) is 23.6 Å². The summed E-state index contributed by atoms with van der Waals surface area (Å²) < 4.78 is 1.97. The summed E-state index contributed by atoms with van der Waals surface area (Å²) in [5, 5.41) is 24.8. The van der Waals surface area contributed by atoms with Crippen LogP contribution in [0.4, 0.5) is 0 Å². The summed E-state index contributed by atoms with van der Waals surface area (Å²) in [6, 6.07) is 19.0. The summed E-state index contributed by atoms with van der Waals surface area (Å²) in [4.78, 5) is 1.46. The van der Waals surface area contributed by atoms with Gasteiger partial charge in [0.1, 0.15) is 11.5 Å². The molecule has 5 heteroatoms. The molecule has 0 aliphatic carbocycles. The Bertz CT molecular complexity index is 1040. The average molecular weight is 506 g/mol. The minimum atomic E-state index is 0.202. The Labute approximate surface area is 179 Å². The Kier molecular flexibility index (Phi) is 6.35. The molecule has 0 radical (unpaired) electrons. The molecular formula is C22H18Br2O2S. The molecular weight excluding hydrogens is 488 g/mol. The van der Waals surface area contributed by atoms with Crippen molar-refractivity contribution >= 4 is 65.2 Å². The van der Waals surface area contributed by atoms with E-state index in [4.69, 9.17) is 0 Å². The molecule has 0 aliphatic heterocycles. The first-order chi connectivity index (χ1) is 13.0. The topological polar surface area (TPSA) is 40.5 Å². The summed E-state index contributed by atoms with van der Waals surface area (Å²) >= 11 is 8.34. The first-order valence-electron chi connectivity index (χ1n) is 8.53. The van der Waals surface area contributed by atoms with Gasteiger partial charge in [-0.1, -0.05) is 81.7 Å². The maximum Gasteiger partial charge on any atom is 0.130 e. The third-order valence-electron chi connectivity index (χ3n) is 4.03. The monoisotopic (exact) mass is 504 g/mol. The van der Waals surface area contributed by atoms with Gasteiger partial charge >= 0.3 is 0 Å². The van der Waals surface area contributed by atoms with Crippen LogP contribution >= 0.6 is 43.6 Å². The fraction of sp³-hybridized carbons (Fsp3) is 0.0909. The third-order valence-corrected chi connectivity index (χ3v) is 6.28. The summed E-state index contributed by atoms with van der Waals surface area (Å²) in [7, 11) is 0. The van der Waals surface area contributed by atoms with E-state index in [1.54, 1.807) is 12.1 Å². The zero-order chi connectivity index (χ0) is 19.6. The van der Waals surface area contributed by atoms with E-state index in [-0.39, 0.29) is 11.5 Å². The minimum absolute atomic E-state index is 0.202. The normalized spacial score (nSPS) is 10.7. The summed E-state index contributed by atoms with van der Waals surface area (Å²) in [5.74, 6) is 0.404. The van der Waals surface area contributed by atoms with Gasteiger partial charge in [-0.3, -0.25) is 0 Å². The Morgan fingerprint density at radius 2 is 1.04 bits per heavy atom. The van der Waals surface area contributed by atoms with E-state index >= 15 is 0 Å². The van der Waals surface area contributed by atoms with E-state index in [9.17, 15) is 10.2 Å². The molecule has 0 aromatic heterocycles. The lowest BCUT2D eigenvalue weighted by atomic mass is 10.1. The van der Waals surface area contributed by atoms with E-state index in [1.807, 2.05) is 62.4 Å². The predicted molar refractivity (Wildman–Crippen MR) is 122 cm³/mol. The molecule has 27 heavy (non-hydrogen) atoms. The number of phenols is 2. The van der Waals surface area contributed by atoms with Crippen LogP contribution in [-0.4, -0.2) is 10.2 Å². The van der Waals surface area contributed by atoms with Crippen molar-refractivity contribution in [1.82, 2.24) is 0 Å². The summed E-state index contributed by atoms with van der Waals surface area (Å²) in [6.45, 7) is 4.00. The van der Waals surface area contributed by atoms with Crippen molar-refractivity contribution in [2.24, 2.45) is 0 Å². The molecule has 2 N–H and O–H groups in total. The number of halogens is 2. The van der Waals surface area contributed by atoms with Gasteiger partial charge in [-0.05, 0) is 57.9 Å². The maximum atomic E-state index is 10.4. The second kappa shape index (κ2) is 8.55. The van der Waals surface area contributed by atoms with Crippen LogP contribution in [0.2, 0.25) is 0 Å². The first kappa shape index (κ1) is 20.1. The number of phenolic OH excluding ortho intramolecular Hbond substituents is 2. The van der Waals surface area contributed by atoms with Crippen molar-refractivity contribution in [2.75, 3.05) is 0 Å². The van der Waals surface area contributed by atoms with Crippen LogP contribution in [-0.2, 0) is 0 Å². The van der Waals surface area contributed by atoms with Crippen molar-refractivity contribution < 1.29 is 10.2 Å². The number of fused-ring (bicyclic) bond motifs is 2. The lowest BCUT2D eigenvalue weighted by Crippen LogP contribution is -1.84. The number of benzene rings is 4. The number of hydrogen-bond acceptors (Lipinski definition) is 3. The van der Waals surface area contributed by atoms with E-state index < -0.39 is 0 Å². The Balaban J connectivity index is 0.00000102.